The Morgan fingerprint density at radius 3 is 1.28 bits per heavy atom. The molecule has 1 rings (SSSR count). The Balaban J connectivity index is 3.78. The van der Waals surface area contributed by atoms with Gasteiger partial charge in [0.1, 0.15) is 0 Å². The van der Waals surface area contributed by atoms with Crippen molar-refractivity contribution in [3.63, 3.8) is 0 Å². The molecule has 0 atom stereocenters. The molecule has 9 heteroatoms. The third-order valence-corrected chi connectivity index (χ3v) is 6.38. The predicted molar refractivity (Wildman–Crippen MR) is 90.3 cm³/mol. The third-order valence-electron chi connectivity index (χ3n) is 2.33. The molecule has 1 aromatic carbocycles. The van der Waals surface area contributed by atoms with Crippen molar-refractivity contribution in [3.8, 4) is 0 Å². The highest BCUT2D eigenvalue weighted by atomic mass is 35.7. The topological polar surface area (TPSA) is 0 Å². The highest BCUT2D eigenvalue weighted by Gasteiger charge is 2.33. The zero-order valence-electron chi connectivity index (χ0n) is 8.99. The van der Waals surface area contributed by atoms with Crippen LogP contribution in [0, 0.1) is 13.8 Å². The summed E-state index contributed by atoms with van der Waals surface area (Å²) in [7, 11) is 20.7. The molecular formula is C9H6Cl6S3. The van der Waals surface area contributed by atoms with E-state index in [1.807, 2.05) is 13.8 Å². The highest BCUT2D eigenvalue weighted by Crippen LogP contribution is 2.53. The van der Waals surface area contributed by atoms with Crippen LogP contribution in [-0.4, -0.2) is 0 Å². The van der Waals surface area contributed by atoms with Gasteiger partial charge in [-0.15, -0.1) is 0 Å². The standard InChI is InChI=1S/C9H6Cl6S3/c1-3-6(16-13)4(2)8(18-15)5(7(3)17-14)9(10,11)12/h1-2H3. The maximum Gasteiger partial charge on any atom is 0.218 e. The molecular weight excluding hydrogens is 417 g/mol. The van der Waals surface area contributed by atoms with Crippen LogP contribution in [0.25, 0.3) is 0 Å². The van der Waals surface area contributed by atoms with E-state index in [-0.39, 0.29) is 0 Å². The third kappa shape index (κ3) is 3.61. The summed E-state index contributed by atoms with van der Waals surface area (Å²) in [5, 5.41) is 0. The van der Waals surface area contributed by atoms with E-state index in [0.29, 0.717) is 15.4 Å². The lowest BCUT2D eigenvalue weighted by atomic mass is 10.1. The Hall–Kier alpha value is 2.01. The van der Waals surface area contributed by atoms with Crippen LogP contribution >= 0.6 is 99.8 Å². The molecule has 0 spiro atoms. The van der Waals surface area contributed by atoms with Crippen LogP contribution < -0.4 is 0 Å². The van der Waals surface area contributed by atoms with Crippen LogP contribution in [0.5, 0.6) is 0 Å². The molecule has 0 aliphatic carbocycles. The van der Waals surface area contributed by atoms with E-state index in [9.17, 15) is 0 Å². The van der Waals surface area contributed by atoms with E-state index in [1.54, 1.807) is 0 Å². The van der Waals surface area contributed by atoms with Crippen molar-refractivity contribution in [2.24, 2.45) is 0 Å². The van der Waals surface area contributed by atoms with Gasteiger partial charge in [-0.05, 0) is 89.9 Å². The maximum atomic E-state index is 6.01. The number of halogens is 6. The van der Waals surface area contributed by atoms with Crippen molar-refractivity contribution in [2.45, 2.75) is 32.3 Å². The van der Waals surface area contributed by atoms with Gasteiger partial charge in [-0.25, -0.2) is 0 Å². The van der Waals surface area contributed by atoms with Crippen LogP contribution in [-0.2, 0) is 3.79 Å². The lowest BCUT2D eigenvalue weighted by Gasteiger charge is -2.23. The SMILES string of the molecule is Cc1c(SCl)c(C)c(SCl)c(C(Cl)(Cl)Cl)c1SCl. The molecule has 102 valence electrons. The predicted octanol–water partition coefficient (Wildman–Crippen LogP) is 7.87. The Bertz CT molecular complexity index is 426. The molecule has 0 aliphatic heterocycles. The molecule has 18 heavy (non-hydrogen) atoms. The van der Waals surface area contributed by atoms with E-state index >= 15 is 0 Å². The molecule has 0 saturated carbocycles. The fraction of sp³-hybridized carbons (Fsp3) is 0.333. The molecule has 0 fully saturated rings. The fourth-order valence-electron chi connectivity index (χ4n) is 1.53. The normalized spacial score (nSPS) is 12.0. The highest BCUT2D eigenvalue weighted by molar-refractivity contribution is 8.22. The zero-order valence-corrected chi connectivity index (χ0v) is 16.0. The van der Waals surface area contributed by atoms with Gasteiger partial charge in [0, 0.05) is 20.2 Å². The smallest absolute Gasteiger partial charge is 0.0783 e. The summed E-state index contributed by atoms with van der Waals surface area (Å²) in [6, 6.07) is 0. The van der Waals surface area contributed by atoms with Gasteiger partial charge in [-0.3, -0.25) is 0 Å². The Labute approximate surface area is 147 Å². The molecule has 0 aliphatic rings. The van der Waals surface area contributed by atoms with Gasteiger partial charge in [0.05, 0.1) is 0 Å². The van der Waals surface area contributed by atoms with E-state index in [2.05, 4.69) is 0 Å². The van der Waals surface area contributed by atoms with Crippen molar-refractivity contribution in [1.29, 1.82) is 0 Å². The van der Waals surface area contributed by atoms with Crippen molar-refractivity contribution >= 4 is 99.8 Å². The van der Waals surface area contributed by atoms with Crippen molar-refractivity contribution < 1.29 is 0 Å². The average Bonchev–Trinajstić information content (AvgIpc) is 2.27. The Kier molecular flexibility index (Phi) is 7.35. The second-order valence-corrected chi connectivity index (χ2v) is 8.70. The van der Waals surface area contributed by atoms with Crippen LogP contribution in [0.2, 0.25) is 0 Å². The number of benzene rings is 1. The monoisotopic (exact) mass is 420 g/mol. The molecule has 0 heterocycles. The molecule has 0 unspecified atom stereocenters. The van der Waals surface area contributed by atoms with Crippen LogP contribution in [0.3, 0.4) is 0 Å². The van der Waals surface area contributed by atoms with Gasteiger partial charge >= 0.3 is 0 Å². The van der Waals surface area contributed by atoms with E-state index in [1.165, 1.54) is 0 Å². The summed E-state index contributed by atoms with van der Waals surface area (Å²) in [6.07, 6.45) is 0. The summed E-state index contributed by atoms with van der Waals surface area (Å²) < 4.78 is -1.60. The molecule has 0 radical (unpaired) electrons. The zero-order chi connectivity index (χ0) is 14.1. The van der Waals surface area contributed by atoms with E-state index < -0.39 is 3.79 Å². The number of alkyl halides is 3. The Morgan fingerprint density at radius 1 is 0.722 bits per heavy atom. The van der Waals surface area contributed by atoms with Gasteiger partial charge in [0.15, 0.2) is 0 Å². The van der Waals surface area contributed by atoms with Gasteiger partial charge in [-0.1, -0.05) is 34.8 Å². The summed E-state index contributed by atoms with van der Waals surface area (Å²) in [6.45, 7) is 3.76. The summed E-state index contributed by atoms with van der Waals surface area (Å²) in [5.41, 5.74) is 2.25. The minimum Gasteiger partial charge on any atom is -0.0783 e. The molecule has 0 bridgehead atoms. The average molecular weight is 423 g/mol. The van der Waals surface area contributed by atoms with Crippen molar-refractivity contribution in [1.82, 2.24) is 0 Å². The second-order valence-electron chi connectivity index (χ2n) is 3.34. The van der Waals surface area contributed by atoms with Gasteiger partial charge in [0.25, 0.3) is 0 Å². The van der Waals surface area contributed by atoms with Gasteiger partial charge in [-0.2, -0.15) is 0 Å². The van der Waals surface area contributed by atoms with Crippen molar-refractivity contribution in [3.05, 3.63) is 16.7 Å². The Morgan fingerprint density at radius 2 is 1.06 bits per heavy atom. The van der Waals surface area contributed by atoms with E-state index in [0.717, 1.165) is 48.9 Å². The van der Waals surface area contributed by atoms with Crippen LogP contribution in [0.1, 0.15) is 16.7 Å². The van der Waals surface area contributed by atoms with Gasteiger partial charge in [0.2, 0.25) is 3.79 Å². The molecule has 0 amide bonds. The lowest BCUT2D eigenvalue weighted by Crippen LogP contribution is -2.08. The molecule has 0 aromatic heterocycles. The first kappa shape index (κ1) is 18.1. The molecule has 0 saturated heterocycles. The van der Waals surface area contributed by atoms with Gasteiger partial charge < -0.3 is 0 Å². The molecule has 1 aromatic rings. The molecule has 0 N–H and O–H groups in total. The fourth-order valence-corrected chi connectivity index (χ4v) is 6.02. The maximum absolute atomic E-state index is 6.01. The number of hydrogen-bond donors (Lipinski definition) is 0. The second kappa shape index (κ2) is 7.33. The largest absolute Gasteiger partial charge is 0.218 e. The minimum absolute atomic E-state index is 0.497. The minimum atomic E-state index is -1.60. The first-order chi connectivity index (χ1) is 8.29. The summed E-state index contributed by atoms with van der Waals surface area (Å²) in [5.74, 6) is 0. The quantitative estimate of drug-likeness (QED) is 0.455. The van der Waals surface area contributed by atoms with Crippen molar-refractivity contribution in [2.75, 3.05) is 0 Å². The van der Waals surface area contributed by atoms with Crippen LogP contribution in [0.4, 0.5) is 0 Å². The molecule has 0 nitrogen and oxygen atoms in total. The number of rotatable bonds is 3. The first-order valence-corrected chi connectivity index (χ1v) is 10.5. The number of hydrogen-bond acceptors (Lipinski definition) is 3. The first-order valence-electron chi connectivity index (χ1n) is 4.39. The summed E-state index contributed by atoms with van der Waals surface area (Å²) in [4.78, 5) is 2.23. The van der Waals surface area contributed by atoms with Crippen LogP contribution in [0.15, 0.2) is 14.7 Å². The lowest BCUT2D eigenvalue weighted by molar-refractivity contribution is 0.976. The van der Waals surface area contributed by atoms with E-state index in [4.69, 9.17) is 66.8 Å². The summed E-state index contributed by atoms with van der Waals surface area (Å²) >= 11 is 18.0.